The number of nitrogens with one attached hydrogen (secondary N) is 2. The van der Waals surface area contributed by atoms with Crippen molar-refractivity contribution in [2.45, 2.75) is 45.6 Å². The van der Waals surface area contributed by atoms with Crippen LogP contribution in [0, 0.1) is 18.7 Å². The van der Waals surface area contributed by atoms with Crippen molar-refractivity contribution in [1.82, 2.24) is 10.3 Å². The normalized spacial score (nSPS) is 21.2. The van der Waals surface area contributed by atoms with Gasteiger partial charge in [0.25, 0.3) is 5.91 Å². The Morgan fingerprint density at radius 1 is 1.22 bits per heavy atom. The number of hydrogen-bond donors (Lipinski definition) is 2. The molecule has 23 heavy (non-hydrogen) atoms. The van der Waals surface area contributed by atoms with E-state index in [0.717, 1.165) is 23.4 Å². The van der Waals surface area contributed by atoms with Crippen molar-refractivity contribution in [2.75, 3.05) is 0 Å². The highest BCUT2D eigenvalue weighted by molar-refractivity contribution is 5.97. The minimum absolute atomic E-state index is 0.0224. The molecule has 0 radical (unpaired) electrons. The largest absolute Gasteiger partial charge is 0.358 e. The number of aryl methyl sites for hydroxylation is 1. The van der Waals surface area contributed by atoms with Crippen molar-refractivity contribution in [3.63, 3.8) is 0 Å². The van der Waals surface area contributed by atoms with Crippen molar-refractivity contribution in [1.29, 1.82) is 0 Å². The molecular weight excluding hydrogens is 291 g/mol. The summed E-state index contributed by atoms with van der Waals surface area (Å²) in [4.78, 5) is 15.8. The standard InChI is InChI=1S/C19H23FN2O/c1-12-5-3-4-6-17(12)22-19(23)16-11-18(21-13(16)2)14-7-9-15(20)10-8-14/h7-12,17,21H,3-6H2,1-2H3,(H,22,23)/t12-,17+/m0/s1. The summed E-state index contributed by atoms with van der Waals surface area (Å²) in [5, 5.41) is 3.18. The summed E-state index contributed by atoms with van der Waals surface area (Å²) in [5.41, 5.74) is 3.22. The third-order valence-corrected chi connectivity index (χ3v) is 4.84. The second-order valence-corrected chi connectivity index (χ2v) is 6.57. The molecule has 3 nitrogen and oxygen atoms in total. The number of hydrogen-bond acceptors (Lipinski definition) is 1. The van der Waals surface area contributed by atoms with Gasteiger partial charge in [0, 0.05) is 17.4 Å². The van der Waals surface area contributed by atoms with Gasteiger partial charge in [-0.1, -0.05) is 19.8 Å². The number of aromatic amines is 1. The van der Waals surface area contributed by atoms with Gasteiger partial charge in [-0.15, -0.1) is 0 Å². The molecule has 0 unspecified atom stereocenters. The van der Waals surface area contributed by atoms with Crippen LogP contribution in [0.1, 0.15) is 48.7 Å². The first-order valence-electron chi connectivity index (χ1n) is 8.31. The molecule has 122 valence electrons. The molecule has 2 aromatic rings. The maximum atomic E-state index is 13.0. The average Bonchev–Trinajstić information content (AvgIpc) is 2.92. The zero-order valence-corrected chi connectivity index (χ0v) is 13.7. The Kier molecular flexibility index (Phi) is 4.51. The smallest absolute Gasteiger partial charge is 0.253 e. The minimum Gasteiger partial charge on any atom is -0.358 e. The Labute approximate surface area is 136 Å². The van der Waals surface area contributed by atoms with Crippen LogP contribution in [0.2, 0.25) is 0 Å². The Balaban J connectivity index is 1.77. The second-order valence-electron chi connectivity index (χ2n) is 6.57. The van der Waals surface area contributed by atoms with Gasteiger partial charge in [-0.25, -0.2) is 4.39 Å². The molecule has 1 aliphatic rings. The SMILES string of the molecule is Cc1[nH]c(-c2ccc(F)cc2)cc1C(=O)N[C@@H]1CCCC[C@@H]1C. The number of rotatable bonds is 3. The fourth-order valence-electron chi connectivity index (χ4n) is 3.36. The van der Waals surface area contributed by atoms with E-state index in [4.69, 9.17) is 0 Å². The van der Waals surface area contributed by atoms with Crippen LogP contribution in [-0.4, -0.2) is 16.9 Å². The predicted octanol–water partition coefficient (Wildman–Crippen LogP) is 4.44. The van der Waals surface area contributed by atoms with Crippen LogP contribution in [0.25, 0.3) is 11.3 Å². The van der Waals surface area contributed by atoms with E-state index in [9.17, 15) is 9.18 Å². The summed E-state index contributed by atoms with van der Waals surface area (Å²) in [6, 6.07) is 8.39. The van der Waals surface area contributed by atoms with Gasteiger partial charge in [-0.2, -0.15) is 0 Å². The first-order valence-corrected chi connectivity index (χ1v) is 8.31. The van der Waals surface area contributed by atoms with E-state index in [1.54, 1.807) is 12.1 Å². The molecule has 1 amide bonds. The molecule has 1 aromatic heterocycles. The third kappa shape index (κ3) is 3.46. The lowest BCUT2D eigenvalue weighted by molar-refractivity contribution is 0.0910. The molecule has 1 aromatic carbocycles. The van der Waals surface area contributed by atoms with E-state index >= 15 is 0 Å². The van der Waals surface area contributed by atoms with Gasteiger partial charge in [0.1, 0.15) is 5.82 Å². The first-order chi connectivity index (χ1) is 11.0. The van der Waals surface area contributed by atoms with E-state index in [0.29, 0.717) is 11.5 Å². The summed E-state index contributed by atoms with van der Waals surface area (Å²) in [6.07, 6.45) is 4.67. The van der Waals surface area contributed by atoms with Crippen LogP contribution in [0.4, 0.5) is 4.39 Å². The molecular formula is C19H23FN2O. The van der Waals surface area contributed by atoms with Crippen LogP contribution in [-0.2, 0) is 0 Å². The second kappa shape index (κ2) is 6.57. The molecule has 3 rings (SSSR count). The van der Waals surface area contributed by atoms with Crippen molar-refractivity contribution in [3.05, 3.63) is 47.4 Å². The highest BCUT2D eigenvalue weighted by Gasteiger charge is 2.24. The fourth-order valence-corrected chi connectivity index (χ4v) is 3.36. The molecule has 1 fully saturated rings. The van der Waals surface area contributed by atoms with Crippen molar-refractivity contribution in [3.8, 4) is 11.3 Å². The number of benzene rings is 1. The molecule has 2 atom stereocenters. The zero-order valence-electron chi connectivity index (χ0n) is 13.7. The summed E-state index contributed by atoms with van der Waals surface area (Å²) in [6.45, 7) is 4.10. The minimum atomic E-state index is -0.263. The lowest BCUT2D eigenvalue weighted by Crippen LogP contribution is -2.41. The molecule has 0 saturated heterocycles. The molecule has 1 heterocycles. The molecule has 4 heteroatoms. The molecule has 2 N–H and O–H groups in total. The summed E-state index contributed by atoms with van der Waals surface area (Å²) in [5.74, 6) is 0.246. The zero-order chi connectivity index (χ0) is 16.4. The number of carbonyl (C=O) groups is 1. The number of aromatic nitrogens is 1. The van der Waals surface area contributed by atoms with E-state index < -0.39 is 0 Å². The quantitative estimate of drug-likeness (QED) is 0.864. The number of carbonyl (C=O) groups excluding carboxylic acids is 1. The maximum Gasteiger partial charge on any atom is 0.253 e. The Hall–Kier alpha value is -2.10. The third-order valence-electron chi connectivity index (χ3n) is 4.84. The van der Waals surface area contributed by atoms with Gasteiger partial charge in [-0.05, 0) is 61.6 Å². The predicted molar refractivity (Wildman–Crippen MR) is 89.8 cm³/mol. The van der Waals surface area contributed by atoms with Gasteiger partial charge in [0.05, 0.1) is 5.56 Å². The summed E-state index contributed by atoms with van der Waals surface area (Å²) < 4.78 is 13.0. The van der Waals surface area contributed by atoms with Gasteiger partial charge in [0.15, 0.2) is 0 Å². The molecule has 1 saturated carbocycles. The topological polar surface area (TPSA) is 44.9 Å². The summed E-state index contributed by atoms with van der Waals surface area (Å²) >= 11 is 0. The van der Waals surface area contributed by atoms with Crippen molar-refractivity contribution in [2.24, 2.45) is 5.92 Å². The molecule has 0 aliphatic heterocycles. The van der Waals surface area contributed by atoms with Crippen LogP contribution < -0.4 is 5.32 Å². The maximum absolute atomic E-state index is 13.0. The van der Waals surface area contributed by atoms with E-state index in [1.807, 2.05) is 13.0 Å². The molecule has 0 bridgehead atoms. The van der Waals surface area contributed by atoms with Gasteiger partial charge in [0.2, 0.25) is 0 Å². The van der Waals surface area contributed by atoms with Crippen LogP contribution in [0.5, 0.6) is 0 Å². The monoisotopic (exact) mass is 314 g/mol. The number of amides is 1. The fraction of sp³-hybridized carbons (Fsp3) is 0.421. The van der Waals surface area contributed by atoms with E-state index in [-0.39, 0.29) is 17.8 Å². The highest BCUT2D eigenvalue weighted by atomic mass is 19.1. The van der Waals surface area contributed by atoms with Crippen LogP contribution in [0.15, 0.2) is 30.3 Å². The first kappa shape index (κ1) is 15.8. The summed E-state index contributed by atoms with van der Waals surface area (Å²) in [7, 11) is 0. The average molecular weight is 314 g/mol. The van der Waals surface area contributed by atoms with E-state index in [1.165, 1.54) is 31.4 Å². The molecule has 0 spiro atoms. The Morgan fingerprint density at radius 2 is 1.91 bits per heavy atom. The number of H-pyrrole nitrogens is 1. The molecule has 1 aliphatic carbocycles. The Morgan fingerprint density at radius 3 is 2.61 bits per heavy atom. The van der Waals surface area contributed by atoms with Gasteiger partial charge >= 0.3 is 0 Å². The van der Waals surface area contributed by atoms with E-state index in [2.05, 4.69) is 17.2 Å². The van der Waals surface area contributed by atoms with Crippen molar-refractivity contribution < 1.29 is 9.18 Å². The van der Waals surface area contributed by atoms with Crippen molar-refractivity contribution >= 4 is 5.91 Å². The van der Waals surface area contributed by atoms with Gasteiger partial charge in [-0.3, -0.25) is 4.79 Å². The van der Waals surface area contributed by atoms with Crippen LogP contribution >= 0.6 is 0 Å². The highest BCUT2D eigenvalue weighted by Crippen LogP contribution is 2.25. The lowest BCUT2D eigenvalue weighted by Gasteiger charge is -2.29. The van der Waals surface area contributed by atoms with Crippen LogP contribution in [0.3, 0.4) is 0 Å². The Bertz CT molecular complexity index is 690. The number of halogens is 1. The lowest BCUT2D eigenvalue weighted by atomic mass is 9.86. The van der Waals surface area contributed by atoms with Gasteiger partial charge < -0.3 is 10.3 Å².